The van der Waals surface area contributed by atoms with Gasteiger partial charge < -0.3 is 0 Å². The molecule has 9 heavy (non-hydrogen) atoms. The third-order valence-corrected chi connectivity index (χ3v) is 3.69. The maximum Gasteiger partial charge on any atom is 0.0795 e. The highest BCUT2D eigenvalue weighted by atomic mass is 35.5. The van der Waals surface area contributed by atoms with E-state index in [2.05, 4.69) is 12.2 Å². The van der Waals surface area contributed by atoms with Crippen LogP contribution in [-0.2, 0) is 0 Å². The first-order valence-electron chi connectivity index (χ1n) is 3.25. The SMILES string of the molecule is ClC1C2C=CC1(Cl)CC2. The number of rotatable bonds is 0. The Balaban J connectivity index is 2.36. The molecule has 2 bridgehead atoms. The highest BCUT2D eigenvalue weighted by Gasteiger charge is 2.47. The van der Waals surface area contributed by atoms with E-state index in [0.717, 1.165) is 6.42 Å². The van der Waals surface area contributed by atoms with Crippen molar-refractivity contribution in [1.29, 1.82) is 0 Å². The van der Waals surface area contributed by atoms with Crippen LogP contribution in [0.2, 0.25) is 0 Å². The summed E-state index contributed by atoms with van der Waals surface area (Å²) in [6.45, 7) is 0. The van der Waals surface area contributed by atoms with Crippen LogP contribution < -0.4 is 0 Å². The van der Waals surface area contributed by atoms with E-state index < -0.39 is 0 Å². The van der Waals surface area contributed by atoms with Gasteiger partial charge in [0.1, 0.15) is 0 Å². The minimum absolute atomic E-state index is 0.166. The maximum absolute atomic E-state index is 6.13. The molecule has 2 aliphatic carbocycles. The molecule has 2 rings (SSSR count). The van der Waals surface area contributed by atoms with E-state index >= 15 is 0 Å². The lowest BCUT2D eigenvalue weighted by molar-refractivity contribution is 0.704. The number of halogens is 2. The van der Waals surface area contributed by atoms with E-state index in [4.69, 9.17) is 23.2 Å². The Bertz CT molecular complexity index is 164. The quantitative estimate of drug-likeness (QED) is 0.380. The Hall–Kier alpha value is 0.320. The Morgan fingerprint density at radius 2 is 2.33 bits per heavy atom. The predicted octanol–water partition coefficient (Wildman–Crippen LogP) is 2.55. The molecule has 0 aromatic heterocycles. The average molecular weight is 163 g/mol. The Labute approximate surface area is 64.8 Å². The number of hydrogen-bond donors (Lipinski definition) is 0. The van der Waals surface area contributed by atoms with E-state index in [1.54, 1.807) is 0 Å². The van der Waals surface area contributed by atoms with Crippen LogP contribution in [0.25, 0.3) is 0 Å². The van der Waals surface area contributed by atoms with Crippen LogP contribution in [0.15, 0.2) is 12.2 Å². The standard InChI is InChI=1S/C7H8Cl2/c8-6-5-1-3-7(6,9)4-2-5/h1,3,5-6H,2,4H2. The molecule has 0 radical (unpaired) electrons. The van der Waals surface area contributed by atoms with Gasteiger partial charge in [0, 0.05) is 0 Å². The summed E-state index contributed by atoms with van der Waals surface area (Å²) in [4.78, 5) is -0.174. The maximum atomic E-state index is 6.13. The minimum Gasteiger partial charge on any atom is -0.120 e. The monoisotopic (exact) mass is 162 g/mol. The molecule has 0 aliphatic heterocycles. The van der Waals surface area contributed by atoms with Crippen molar-refractivity contribution in [1.82, 2.24) is 0 Å². The summed E-state index contributed by atoms with van der Waals surface area (Å²) in [5, 5.41) is 0.166. The van der Waals surface area contributed by atoms with Crippen LogP contribution in [0.5, 0.6) is 0 Å². The van der Waals surface area contributed by atoms with Crippen molar-refractivity contribution < 1.29 is 0 Å². The normalized spacial score (nSPS) is 54.9. The van der Waals surface area contributed by atoms with Gasteiger partial charge in [-0.15, -0.1) is 23.2 Å². The van der Waals surface area contributed by atoms with Crippen molar-refractivity contribution in [2.45, 2.75) is 23.1 Å². The van der Waals surface area contributed by atoms with E-state index in [1.807, 2.05) is 0 Å². The highest BCUT2D eigenvalue weighted by Crippen LogP contribution is 2.49. The molecule has 0 aromatic carbocycles. The topological polar surface area (TPSA) is 0 Å². The Morgan fingerprint density at radius 3 is 2.44 bits per heavy atom. The van der Waals surface area contributed by atoms with Crippen LogP contribution >= 0.6 is 23.2 Å². The summed E-state index contributed by atoms with van der Waals surface area (Å²) in [6.07, 6.45) is 6.44. The summed E-state index contributed by atoms with van der Waals surface area (Å²) in [6, 6.07) is 0. The molecule has 0 amide bonds. The fourth-order valence-corrected chi connectivity index (χ4v) is 2.42. The van der Waals surface area contributed by atoms with Crippen molar-refractivity contribution in [3.8, 4) is 0 Å². The second kappa shape index (κ2) is 1.67. The lowest BCUT2D eigenvalue weighted by Gasteiger charge is -2.16. The molecule has 2 heteroatoms. The average Bonchev–Trinajstić information content (AvgIpc) is 2.24. The van der Waals surface area contributed by atoms with Gasteiger partial charge in [0.05, 0.1) is 10.3 Å². The minimum atomic E-state index is -0.174. The van der Waals surface area contributed by atoms with Crippen LogP contribution in [0.3, 0.4) is 0 Å². The fraction of sp³-hybridized carbons (Fsp3) is 0.714. The van der Waals surface area contributed by atoms with Crippen molar-refractivity contribution >= 4 is 23.2 Å². The lowest BCUT2D eigenvalue weighted by Crippen LogP contribution is -2.22. The van der Waals surface area contributed by atoms with Gasteiger partial charge in [-0.25, -0.2) is 0 Å². The smallest absolute Gasteiger partial charge is 0.0795 e. The number of alkyl halides is 2. The molecule has 0 nitrogen and oxygen atoms in total. The molecule has 0 spiro atoms. The van der Waals surface area contributed by atoms with Crippen LogP contribution in [0.1, 0.15) is 12.8 Å². The van der Waals surface area contributed by atoms with Crippen molar-refractivity contribution in [3.05, 3.63) is 12.2 Å². The van der Waals surface area contributed by atoms with Gasteiger partial charge in [0.2, 0.25) is 0 Å². The van der Waals surface area contributed by atoms with E-state index in [9.17, 15) is 0 Å². The second-order valence-corrected chi connectivity index (χ2v) is 4.06. The van der Waals surface area contributed by atoms with Crippen molar-refractivity contribution in [2.75, 3.05) is 0 Å². The number of fused-ring (bicyclic) bond motifs is 2. The highest BCUT2D eigenvalue weighted by molar-refractivity contribution is 6.34. The van der Waals surface area contributed by atoms with Crippen LogP contribution in [-0.4, -0.2) is 10.3 Å². The van der Waals surface area contributed by atoms with E-state index in [0.29, 0.717) is 5.92 Å². The molecule has 2 aliphatic rings. The summed E-state index contributed by atoms with van der Waals surface area (Å²) < 4.78 is 0. The Morgan fingerprint density at radius 1 is 1.56 bits per heavy atom. The summed E-state index contributed by atoms with van der Waals surface area (Å²) >= 11 is 12.2. The second-order valence-electron chi connectivity index (χ2n) is 2.89. The van der Waals surface area contributed by atoms with Gasteiger partial charge in [-0.2, -0.15) is 0 Å². The molecule has 0 N–H and O–H groups in total. The summed E-state index contributed by atoms with van der Waals surface area (Å²) in [5.41, 5.74) is 0. The third-order valence-electron chi connectivity index (χ3n) is 2.32. The predicted molar refractivity (Wildman–Crippen MR) is 40.1 cm³/mol. The lowest BCUT2D eigenvalue weighted by atomic mass is 10.1. The Kier molecular flexibility index (Phi) is 1.13. The van der Waals surface area contributed by atoms with E-state index in [1.165, 1.54) is 6.42 Å². The largest absolute Gasteiger partial charge is 0.120 e. The van der Waals surface area contributed by atoms with Gasteiger partial charge in [0.25, 0.3) is 0 Å². The molecular weight excluding hydrogens is 155 g/mol. The van der Waals surface area contributed by atoms with Gasteiger partial charge in [-0.1, -0.05) is 12.2 Å². The third kappa shape index (κ3) is 0.667. The molecule has 3 atom stereocenters. The zero-order valence-electron chi connectivity index (χ0n) is 4.98. The molecule has 0 saturated heterocycles. The van der Waals surface area contributed by atoms with Gasteiger partial charge in [0.15, 0.2) is 0 Å². The number of allylic oxidation sites excluding steroid dienone is 2. The molecule has 1 saturated carbocycles. The molecule has 3 unspecified atom stereocenters. The summed E-state index contributed by atoms with van der Waals surface area (Å²) in [7, 11) is 0. The first-order valence-corrected chi connectivity index (χ1v) is 4.06. The van der Waals surface area contributed by atoms with Gasteiger partial charge >= 0.3 is 0 Å². The van der Waals surface area contributed by atoms with Crippen molar-refractivity contribution in [2.24, 2.45) is 5.92 Å². The van der Waals surface area contributed by atoms with Crippen LogP contribution in [0.4, 0.5) is 0 Å². The van der Waals surface area contributed by atoms with Gasteiger partial charge in [-0.3, -0.25) is 0 Å². The van der Waals surface area contributed by atoms with Crippen molar-refractivity contribution in [3.63, 3.8) is 0 Å². The number of hydrogen-bond acceptors (Lipinski definition) is 0. The van der Waals surface area contributed by atoms with Crippen LogP contribution in [0, 0.1) is 5.92 Å². The molecular formula is C7H8Cl2. The summed E-state index contributed by atoms with van der Waals surface area (Å²) in [5.74, 6) is 0.559. The first-order chi connectivity index (χ1) is 4.22. The fourth-order valence-electron chi connectivity index (χ4n) is 1.68. The molecule has 0 aromatic rings. The zero-order chi connectivity index (χ0) is 6.48. The molecule has 1 fully saturated rings. The molecule has 0 heterocycles. The first kappa shape index (κ1) is 6.06. The molecule has 50 valence electrons. The zero-order valence-corrected chi connectivity index (χ0v) is 6.49. The van der Waals surface area contributed by atoms with E-state index in [-0.39, 0.29) is 10.3 Å². The van der Waals surface area contributed by atoms with Gasteiger partial charge in [-0.05, 0) is 18.8 Å².